The monoisotopic (exact) mass is 629 g/mol. The van der Waals surface area contributed by atoms with Crippen LogP contribution in [0, 0.1) is 0 Å². The zero-order chi connectivity index (χ0) is 32.3. The molecular formula is C24H39NO18. The highest BCUT2D eigenvalue weighted by molar-refractivity contribution is 5.74. The van der Waals surface area contributed by atoms with Crippen molar-refractivity contribution in [3.63, 3.8) is 0 Å². The van der Waals surface area contributed by atoms with Gasteiger partial charge in [-0.05, 0) is 13.3 Å². The van der Waals surface area contributed by atoms with Gasteiger partial charge in [-0.3, -0.25) is 4.79 Å². The molecule has 19 heteroatoms. The van der Waals surface area contributed by atoms with Crippen LogP contribution in [0.25, 0.3) is 0 Å². The lowest BCUT2D eigenvalue weighted by molar-refractivity contribution is -0.363. The fourth-order valence-electron chi connectivity index (χ4n) is 4.84. The number of carboxylic acids is 2. The third kappa shape index (κ3) is 7.76. The number of rotatable bonds is 11. The third-order valence-corrected chi connectivity index (χ3v) is 7.35. The van der Waals surface area contributed by atoms with Gasteiger partial charge in [-0.25, -0.2) is 9.59 Å². The Kier molecular flexibility index (Phi) is 12.2. The van der Waals surface area contributed by atoms with Gasteiger partial charge in [0.15, 0.2) is 31.1 Å². The summed E-state index contributed by atoms with van der Waals surface area (Å²) in [4.78, 5) is 35.5. The topological polar surface area (TPSA) is 301 Å². The van der Waals surface area contributed by atoms with Gasteiger partial charge in [0.25, 0.3) is 0 Å². The number of aliphatic hydroxyl groups is 7. The maximum Gasteiger partial charge on any atom is 0.335 e. The van der Waals surface area contributed by atoms with E-state index in [4.69, 9.17) is 28.4 Å². The number of hydrogen-bond donors (Lipinski definition) is 10. The van der Waals surface area contributed by atoms with E-state index in [1.54, 1.807) is 13.8 Å². The van der Waals surface area contributed by atoms with Gasteiger partial charge in [0, 0.05) is 6.92 Å². The summed E-state index contributed by atoms with van der Waals surface area (Å²) in [5, 5.41) is 94.3. The van der Waals surface area contributed by atoms with Crippen molar-refractivity contribution >= 4 is 17.8 Å². The average Bonchev–Trinajstić information content (AvgIpc) is 2.94. The first-order valence-electron chi connectivity index (χ1n) is 13.5. The van der Waals surface area contributed by atoms with Crippen LogP contribution in [0.1, 0.15) is 27.2 Å². The molecule has 1 unspecified atom stereocenters. The van der Waals surface area contributed by atoms with Crippen LogP contribution in [0.4, 0.5) is 0 Å². The summed E-state index contributed by atoms with van der Waals surface area (Å²) in [5.74, 6) is -4.10. The lowest BCUT2D eigenvalue weighted by atomic mass is 9.94. The highest BCUT2D eigenvalue weighted by Crippen LogP contribution is 2.33. The van der Waals surface area contributed by atoms with Gasteiger partial charge in [-0.2, -0.15) is 0 Å². The highest BCUT2D eigenvalue weighted by atomic mass is 16.8. The summed E-state index contributed by atoms with van der Waals surface area (Å²) in [6, 6.07) is -1.63. The van der Waals surface area contributed by atoms with E-state index in [0.29, 0.717) is 6.42 Å². The largest absolute Gasteiger partial charge is 0.479 e. The Morgan fingerprint density at radius 3 is 1.84 bits per heavy atom. The Hall–Kier alpha value is -2.11. The van der Waals surface area contributed by atoms with Crippen LogP contribution in [0.5, 0.6) is 0 Å². The Bertz CT molecular complexity index is 971. The molecule has 3 fully saturated rings. The van der Waals surface area contributed by atoms with Crippen molar-refractivity contribution in [2.45, 2.75) is 125 Å². The number of carbonyl (C=O) groups excluding carboxylic acids is 1. The molecular weight excluding hydrogens is 590 g/mol. The zero-order valence-corrected chi connectivity index (χ0v) is 23.4. The summed E-state index contributed by atoms with van der Waals surface area (Å²) in [6.07, 6.45) is -26.4. The van der Waals surface area contributed by atoms with Crippen molar-refractivity contribution in [1.29, 1.82) is 0 Å². The van der Waals surface area contributed by atoms with E-state index in [9.17, 15) is 60.3 Å². The number of aliphatic carboxylic acids is 2. The summed E-state index contributed by atoms with van der Waals surface area (Å²) in [5.41, 5.74) is 0. The lowest BCUT2D eigenvalue weighted by Crippen LogP contribution is -2.69. The van der Waals surface area contributed by atoms with E-state index in [1.165, 1.54) is 0 Å². The molecule has 0 saturated carbocycles. The maximum absolute atomic E-state index is 12.0. The van der Waals surface area contributed by atoms with E-state index in [0.717, 1.165) is 6.92 Å². The molecule has 3 heterocycles. The standard InChI is InChI=1S/C24H39NO18/c1-4-6(2)38-23-15(33)13(31)17(19(43-23)21(36)37)41-22-9(25-7(3)27)10(28)16(8(5-26)39-22)40-24-14(32)11(29)12(30)18(42-24)20(34)35/h6,8-19,22-24,26,28-33H,4-5H2,1-3H3,(H,25,27)(H,34,35)(H,36,37)/t6?,8-,9-,10-,11+,12+,13-,14-,15-,16-,17+,18+,19+,22-,23-,24-/m1/s1. The fourth-order valence-corrected chi connectivity index (χ4v) is 4.84. The summed E-state index contributed by atoms with van der Waals surface area (Å²) in [6.45, 7) is 3.49. The first kappa shape index (κ1) is 35.4. The van der Waals surface area contributed by atoms with E-state index in [2.05, 4.69) is 5.32 Å². The minimum absolute atomic E-state index is 0.470. The van der Waals surface area contributed by atoms with Crippen LogP contribution in [0.15, 0.2) is 0 Å². The maximum atomic E-state index is 12.0. The van der Waals surface area contributed by atoms with Gasteiger partial charge in [0.1, 0.15) is 61.0 Å². The number of carbonyl (C=O) groups is 3. The number of ether oxygens (including phenoxy) is 6. The molecule has 248 valence electrons. The molecule has 0 aliphatic carbocycles. The van der Waals surface area contributed by atoms with Crippen molar-refractivity contribution in [2.75, 3.05) is 6.61 Å². The second kappa shape index (κ2) is 14.8. The third-order valence-electron chi connectivity index (χ3n) is 7.35. The predicted octanol–water partition coefficient (Wildman–Crippen LogP) is -5.42. The number of carboxylic acid groups (broad SMARTS) is 2. The molecule has 0 spiro atoms. The number of aliphatic hydroxyl groups excluding tert-OH is 7. The van der Waals surface area contributed by atoms with Gasteiger partial charge in [0.05, 0.1) is 12.7 Å². The second-order valence-electron chi connectivity index (χ2n) is 10.5. The predicted molar refractivity (Wildman–Crippen MR) is 133 cm³/mol. The highest BCUT2D eigenvalue weighted by Gasteiger charge is 2.55. The van der Waals surface area contributed by atoms with E-state index < -0.39 is 123 Å². The van der Waals surface area contributed by atoms with Gasteiger partial charge in [-0.1, -0.05) is 6.92 Å². The SMILES string of the molecule is CCC(C)O[C@@H]1O[C@H](C(=O)O)[C@@H](O[C@H]2O[C@H](CO)[C@@H](O[C@@H]3O[C@H](C(=O)O)[C@@H](O)[C@H](O)[C@H]3O)[C@H](O)[C@H]2NC(C)=O)[C@H](O)[C@H]1O. The second-order valence-corrected chi connectivity index (χ2v) is 10.5. The molecule has 19 nitrogen and oxygen atoms in total. The molecule has 0 radical (unpaired) electrons. The van der Waals surface area contributed by atoms with Crippen LogP contribution in [0.3, 0.4) is 0 Å². The Morgan fingerprint density at radius 2 is 1.30 bits per heavy atom. The van der Waals surface area contributed by atoms with Gasteiger partial charge in [-0.15, -0.1) is 0 Å². The molecule has 16 atom stereocenters. The Labute approximate surface area is 244 Å². The number of hydrogen-bond acceptors (Lipinski definition) is 16. The minimum atomic E-state index is -2.06. The smallest absolute Gasteiger partial charge is 0.335 e. The Balaban J connectivity index is 1.86. The molecule has 0 bridgehead atoms. The Morgan fingerprint density at radius 1 is 0.744 bits per heavy atom. The zero-order valence-electron chi connectivity index (χ0n) is 23.4. The van der Waals surface area contributed by atoms with Crippen LogP contribution in [-0.2, 0) is 42.8 Å². The number of amides is 1. The lowest BCUT2D eigenvalue weighted by Gasteiger charge is -2.48. The van der Waals surface area contributed by atoms with Crippen LogP contribution >= 0.6 is 0 Å². The molecule has 1 amide bonds. The molecule has 3 saturated heterocycles. The van der Waals surface area contributed by atoms with Gasteiger partial charge >= 0.3 is 11.9 Å². The van der Waals surface area contributed by atoms with Crippen molar-refractivity contribution in [3.05, 3.63) is 0 Å². The van der Waals surface area contributed by atoms with Gasteiger partial charge in [0.2, 0.25) is 5.91 Å². The van der Waals surface area contributed by atoms with Crippen LogP contribution in [0.2, 0.25) is 0 Å². The van der Waals surface area contributed by atoms with Crippen molar-refractivity contribution in [1.82, 2.24) is 5.32 Å². The molecule has 10 N–H and O–H groups in total. The molecule has 0 aromatic rings. The van der Waals surface area contributed by atoms with Crippen LogP contribution in [-0.4, -0.2) is 169 Å². The first-order chi connectivity index (χ1) is 20.1. The van der Waals surface area contributed by atoms with Crippen LogP contribution < -0.4 is 5.32 Å². The van der Waals surface area contributed by atoms with E-state index in [-0.39, 0.29) is 0 Å². The first-order valence-corrected chi connectivity index (χ1v) is 13.5. The number of nitrogens with one attached hydrogen (secondary N) is 1. The summed E-state index contributed by atoms with van der Waals surface area (Å²) >= 11 is 0. The fraction of sp³-hybridized carbons (Fsp3) is 0.875. The molecule has 0 aromatic carbocycles. The quantitative estimate of drug-likeness (QED) is 0.102. The molecule has 3 aliphatic heterocycles. The molecule has 3 aliphatic rings. The van der Waals surface area contributed by atoms with Crippen molar-refractivity contribution in [2.24, 2.45) is 0 Å². The normalized spacial score (nSPS) is 44.4. The summed E-state index contributed by atoms with van der Waals surface area (Å²) in [7, 11) is 0. The molecule has 43 heavy (non-hydrogen) atoms. The van der Waals surface area contributed by atoms with E-state index >= 15 is 0 Å². The summed E-state index contributed by atoms with van der Waals surface area (Å²) < 4.78 is 32.7. The minimum Gasteiger partial charge on any atom is -0.479 e. The van der Waals surface area contributed by atoms with E-state index in [1.807, 2.05) is 0 Å². The molecule has 3 rings (SSSR count). The molecule has 0 aromatic heterocycles. The average molecular weight is 630 g/mol. The van der Waals surface area contributed by atoms with Crippen molar-refractivity contribution < 1.29 is 88.8 Å². The van der Waals surface area contributed by atoms with Crippen molar-refractivity contribution in [3.8, 4) is 0 Å². The van der Waals surface area contributed by atoms with Gasteiger partial charge < -0.3 is 79.7 Å².